The largest absolute Gasteiger partial charge is 0.468 e. The van der Waals surface area contributed by atoms with Gasteiger partial charge in [-0.15, -0.1) is 11.8 Å². The number of hydrogen-bond donors (Lipinski definition) is 1. The summed E-state index contributed by atoms with van der Waals surface area (Å²) < 4.78 is 18.0. The molecule has 110 valence electrons. The van der Waals surface area contributed by atoms with Crippen LogP contribution in [0.1, 0.15) is 19.4 Å². The van der Waals surface area contributed by atoms with Crippen LogP contribution < -0.4 is 5.32 Å². The van der Waals surface area contributed by atoms with E-state index < -0.39 is 10.5 Å². The molecule has 1 N–H and O–H groups in total. The monoisotopic (exact) mass is 299 g/mol. The van der Waals surface area contributed by atoms with Crippen LogP contribution in [0.2, 0.25) is 0 Å². The van der Waals surface area contributed by atoms with Crippen LogP contribution in [0.25, 0.3) is 0 Å². The first-order valence-electron chi connectivity index (χ1n) is 6.20. The molecule has 2 unspecified atom stereocenters. The molecule has 0 radical (unpaired) electrons. The molecule has 6 heteroatoms. The summed E-state index contributed by atoms with van der Waals surface area (Å²) in [5.41, 5.74) is 0.430. The van der Waals surface area contributed by atoms with Crippen molar-refractivity contribution in [3.8, 4) is 0 Å². The van der Waals surface area contributed by atoms with Crippen LogP contribution >= 0.6 is 11.8 Å². The SMILES string of the molecule is COC(=O)C(C)SC(C)C(=O)NCc1ccccc1F. The molecule has 0 aliphatic rings. The number of ether oxygens (including phenoxy) is 1. The number of carbonyl (C=O) groups excluding carboxylic acids is 2. The molecule has 20 heavy (non-hydrogen) atoms. The van der Waals surface area contributed by atoms with Gasteiger partial charge < -0.3 is 10.1 Å². The smallest absolute Gasteiger partial charge is 0.318 e. The fourth-order valence-corrected chi connectivity index (χ4v) is 2.58. The third-order valence-corrected chi connectivity index (χ3v) is 3.94. The van der Waals surface area contributed by atoms with E-state index in [1.54, 1.807) is 32.0 Å². The number of rotatable bonds is 6. The molecule has 0 heterocycles. The Bertz CT molecular complexity index is 481. The minimum atomic E-state index is -0.422. The normalized spacial score (nSPS) is 13.4. The molecular formula is C14H18FNO3S. The number of halogens is 1. The highest BCUT2D eigenvalue weighted by Crippen LogP contribution is 2.18. The molecule has 0 saturated carbocycles. The van der Waals surface area contributed by atoms with Gasteiger partial charge in [0.05, 0.1) is 12.4 Å². The molecule has 4 nitrogen and oxygen atoms in total. The highest BCUT2D eigenvalue weighted by atomic mass is 32.2. The fraction of sp³-hybridized carbons (Fsp3) is 0.429. The van der Waals surface area contributed by atoms with Gasteiger partial charge in [0.15, 0.2) is 0 Å². The summed E-state index contributed by atoms with van der Waals surface area (Å²) in [4.78, 5) is 23.1. The number of thioether (sulfide) groups is 1. The summed E-state index contributed by atoms with van der Waals surface area (Å²) in [6, 6.07) is 6.27. The van der Waals surface area contributed by atoms with E-state index in [2.05, 4.69) is 10.1 Å². The van der Waals surface area contributed by atoms with Crippen LogP contribution in [0.3, 0.4) is 0 Å². The highest BCUT2D eigenvalue weighted by molar-refractivity contribution is 8.01. The summed E-state index contributed by atoms with van der Waals surface area (Å²) >= 11 is 1.20. The third-order valence-electron chi connectivity index (χ3n) is 2.72. The van der Waals surface area contributed by atoms with Crippen LogP contribution in [-0.4, -0.2) is 29.5 Å². The van der Waals surface area contributed by atoms with Crippen molar-refractivity contribution in [2.45, 2.75) is 30.9 Å². The maximum Gasteiger partial charge on any atom is 0.318 e. The lowest BCUT2D eigenvalue weighted by Gasteiger charge is -2.15. The topological polar surface area (TPSA) is 55.4 Å². The van der Waals surface area contributed by atoms with Gasteiger partial charge >= 0.3 is 5.97 Å². The Labute approximate surface area is 122 Å². The molecule has 0 fully saturated rings. The number of esters is 1. The number of hydrogen-bond acceptors (Lipinski definition) is 4. The van der Waals surface area contributed by atoms with E-state index in [1.807, 2.05) is 0 Å². The van der Waals surface area contributed by atoms with Crippen molar-refractivity contribution in [2.75, 3.05) is 7.11 Å². The predicted octanol–water partition coefficient (Wildman–Crippen LogP) is 2.13. The molecule has 0 aromatic heterocycles. The van der Waals surface area contributed by atoms with Crippen molar-refractivity contribution in [2.24, 2.45) is 0 Å². The van der Waals surface area contributed by atoms with Crippen LogP contribution in [0.15, 0.2) is 24.3 Å². The molecule has 1 aromatic rings. The molecular weight excluding hydrogens is 281 g/mol. The second-order valence-electron chi connectivity index (χ2n) is 4.25. The van der Waals surface area contributed by atoms with Gasteiger partial charge in [-0.3, -0.25) is 9.59 Å². The summed E-state index contributed by atoms with van der Waals surface area (Å²) in [5.74, 6) is -0.964. The van der Waals surface area contributed by atoms with Crippen molar-refractivity contribution in [1.29, 1.82) is 0 Å². The number of carbonyl (C=O) groups is 2. The van der Waals surface area contributed by atoms with Gasteiger partial charge in [-0.1, -0.05) is 18.2 Å². The van der Waals surface area contributed by atoms with E-state index in [0.29, 0.717) is 5.56 Å². The van der Waals surface area contributed by atoms with Crippen molar-refractivity contribution in [1.82, 2.24) is 5.32 Å². The number of methoxy groups -OCH3 is 1. The van der Waals surface area contributed by atoms with Gasteiger partial charge in [-0.25, -0.2) is 4.39 Å². The van der Waals surface area contributed by atoms with Gasteiger partial charge in [0.25, 0.3) is 0 Å². The van der Waals surface area contributed by atoms with Gasteiger partial charge in [0.1, 0.15) is 11.1 Å². The second-order valence-corrected chi connectivity index (χ2v) is 5.94. The zero-order valence-electron chi connectivity index (χ0n) is 11.7. The first-order valence-corrected chi connectivity index (χ1v) is 7.14. The molecule has 0 saturated heterocycles. The summed E-state index contributed by atoms with van der Waals surface area (Å²) in [7, 11) is 1.31. The summed E-state index contributed by atoms with van der Waals surface area (Å²) in [6.07, 6.45) is 0. The van der Waals surface area contributed by atoms with Gasteiger partial charge in [0.2, 0.25) is 5.91 Å². The van der Waals surface area contributed by atoms with E-state index in [9.17, 15) is 14.0 Å². The quantitative estimate of drug-likeness (QED) is 0.818. The average Bonchev–Trinajstić information content (AvgIpc) is 2.44. The number of amides is 1. The van der Waals surface area contributed by atoms with Crippen LogP contribution in [0, 0.1) is 5.82 Å². The Morgan fingerprint density at radius 1 is 1.30 bits per heavy atom. The molecule has 1 aromatic carbocycles. The lowest BCUT2D eigenvalue weighted by Crippen LogP contribution is -2.32. The zero-order valence-corrected chi connectivity index (χ0v) is 12.5. The highest BCUT2D eigenvalue weighted by Gasteiger charge is 2.21. The Morgan fingerprint density at radius 2 is 1.95 bits per heavy atom. The molecule has 1 rings (SSSR count). The van der Waals surface area contributed by atoms with Crippen molar-refractivity contribution >= 4 is 23.6 Å². The van der Waals surface area contributed by atoms with Crippen molar-refractivity contribution in [3.05, 3.63) is 35.6 Å². The standard InChI is InChI=1S/C14H18FNO3S/c1-9(20-10(2)14(18)19-3)13(17)16-8-11-6-4-5-7-12(11)15/h4-7,9-10H,8H2,1-3H3,(H,16,17). The Morgan fingerprint density at radius 3 is 2.55 bits per heavy atom. The van der Waals surface area contributed by atoms with E-state index in [-0.39, 0.29) is 24.2 Å². The van der Waals surface area contributed by atoms with E-state index in [1.165, 1.54) is 24.9 Å². The first-order chi connectivity index (χ1) is 9.45. The second kappa shape index (κ2) is 7.89. The lowest BCUT2D eigenvalue weighted by molar-refractivity contribution is -0.139. The molecule has 2 atom stereocenters. The minimum Gasteiger partial charge on any atom is -0.468 e. The lowest BCUT2D eigenvalue weighted by atomic mass is 10.2. The maximum atomic E-state index is 13.4. The van der Waals surface area contributed by atoms with Crippen LogP contribution in [0.5, 0.6) is 0 Å². The van der Waals surface area contributed by atoms with E-state index in [0.717, 1.165) is 0 Å². The first kappa shape index (κ1) is 16.5. The van der Waals surface area contributed by atoms with Crippen LogP contribution in [0.4, 0.5) is 4.39 Å². The number of nitrogens with one attached hydrogen (secondary N) is 1. The van der Waals surface area contributed by atoms with Gasteiger partial charge in [0, 0.05) is 12.1 Å². The third kappa shape index (κ3) is 4.85. The van der Waals surface area contributed by atoms with E-state index in [4.69, 9.17) is 0 Å². The van der Waals surface area contributed by atoms with E-state index >= 15 is 0 Å². The van der Waals surface area contributed by atoms with Gasteiger partial charge in [-0.05, 0) is 19.9 Å². The maximum absolute atomic E-state index is 13.4. The Hall–Kier alpha value is -1.56. The summed E-state index contributed by atoms with van der Waals surface area (Å²) in [6.45, 7) is 3.50. The van der Waals surface area contributed by atoms with Gasteiger partial charge in [-0.2, -0.15) is 0 Å². The zero-order chi connectivity index (χ0) is 15.1. The van der Waals surface area contributed by atoms with Crippen molar-refractivity contribution < 1.29 is 18.7 Å². The van der Waals surface area contributed by atoms with Crippen LogP contribution in [-0.2, 0) is 20.9 Å². The number of benzene rings is 1. The predicted molar refractivity (Wildman–Crippen MR) is 76.8 cm³/mol. The molecule has 0 aliphatic carbocycles. The fourth-order valence-electron chi connectivity index (χ4n) is 1.56. The minimum absolute atomic E-state index is 0.128. The van der Waals surface area contributed by atoms with Crippen molar-refractivity contribution in [3.63, 3.8) is 0 Å². The molecule has 1 amide bonds. The average molecular weight is 299 g/mol. The Balaban J connectivity index is 2.46. The molecule has 0 spiro atoms. The Kier molecular flexibility index (Phi) is 6.51. The molecule has 0 aliphatic heterocycles. The molecule has 0 bridgehead atoms. The summed E-state index contributed by atoms with van der Waals surface area (Å²) in [5, 5.41) is 1.81.